The number of nitrogens with zero attached hydrogens (tertiary/aromatic N) is 4. The number of hydrazone groups is 1. The van der Waals surface area contributed by atoms with E-state index in [1.54, 1.807) is 0 Å². The van der Waals surface area contributed by atoms with Crippen molar-refractivity contribution in [2.45, 2.75) is 13.8 Å². The molecule has 1 heterocycles. The lowest BCUT2D eigenvalue weighted by Gasteiger charge is -2.30. The normalized spacial score (nSPS) is 13.0. The van der Waals surface area contributed by atoms with Gasteiger partial charge in [0.15, 0.2) is 6.73 Å². The zero-order valence-corrected chi connectivity index (χ0v) is 16.9. The van der Waals surface area contributed by atoms with E-state index in [0.29, 0.717) is 12.6 Å². The van der Waals surface area contributed by atoms with E-state index in [-0.39, 0.29) is 0 Å². The van der Waals surface area contributed by atoms with Gasteiger partial charge in [0.25, 0.3) is 0 Å². The largest absolute Gasteiger partial charge is 0.451 e. The fraction of sp³-hybridized carbons (Fsp3) is 0.208. The van der Waals surface area contributed by atoms with Gasteiger partial charge in [-0.3, -0.25) is 0 Å². The number of hydrogen-bond acceptors (Lipinski definition) is 5. The van der Waals surface area contributed by atoms with Crippen LogP contribution in [0, 0.1) is 0 Å². The van der Waals surface area contributed by atoms with E-state index in [1.165, 1.54) is 5.69 Å². The van der Waals surface area contributed by atoms with Crippen molar-refractivity contribution >= 4 is 23.0 Å². The summed E-state index contributed by atoms with van der Waals surface area (Å²) in [5.41, 5.74) is 4.25. The van der Waals surface area contributed by atoms with Gasteiger partial charge >= 0.3 is 0 Å². The molecule has 1 aliphatic heterocycles. The first-order valence-electron chi connectivity index (χ1n) is 10.0. The second kappa shape index (κ2) is 8.69. The van der Waals surface area contributed by atoms with Crippen LogP contribution in [0.5, 0.6) is 0 Å². The van der Waals surface area contributed by atoms with E-state index in [2.05, 4.69) is 72.3 Å². The Morgan fingerprint density at radius 3 is 1.83 bits per heavy atom. The van der Waals surface area contributed by atoms with Gasteiger partial charge in [0.1, 0.15) is 0 Å². The Bertz CT molecular complexity index is 898. The molecule has 0 unspecified atom stereocenters. The number of hydrazine groups is 1. The Labute approximate surface area is 172 Å². The third-order valence-corrected chi connectivity index (χ3v) is 5.00. The van der Waals surface area contributed by atoms with Crippen LogP contribution in [0.3, 0.4) is 0 Å². The number of ether oxygens (including phenoxy) is 1. The average Bonchev–Trinajstić information content (AvgIpc) is 3.26. The topological polar surface area (TPSA) is 31.3 Å². The zero-order valence-electron chi connectivity index (χ0n) is 16.9. The lowest BCUT2D eigenvalue weighted by atomic mass is 10.2. The molecule has 5 nitrogen and oxygen atoms in total. The van der Waals surface area contributed by atoms with Crippen molar-refractivity contribution < 1.29 is 4.74 Å². The maximum Gasteiger partial charge on any atom is 0.242 e. The maximum absolute atomic E-state index is 5.95. The van der Waals surface area contributed by atoms with Gasteiger partial charge in [-0.1, -0.05) is 36.4 Å². The Balaban J connectivity index is 1.62. The SMILES string of the molecule is CCN(CC)c1ccc(C2=NN(N(c3ccccc3)c3ccccc3)CO2)cc1. The molecule has 0 saturated carbocycles. The van der Waals surface area contributed by atoms with Crippen LogP contribution in [-0.2, 0) is 4.74 Å². The van der Waals surface area contributed by atoms with Crippen molar-refractivity contribution in [2.24, 2.45) is 5.10 Å². The first kappa shape index (κ1) is 18.9. The maximum atomic E-state index is 5.95. The molecule has 3 aromatic carbocycles. The van der Waals surface area contributed by atoms with Gasteiger partial charge in [-0.25, -0.2) is 5.01 Å². The summed E-state index contributed by atoms with van der Waals surface area (Å²) in [7, 11) is 0. The molecule has 0 amide bonds. The van der Waals surface area contributed by atoms with Crippen molar-refractivity contribution in [3.8, 4) is 0 Å². The quantitative estimate of drug-likeness (QED) is 0.556. The van der Waals surface area contributed by atoms with Crippen LogP contribution in [0.25, 0.3) is 0 Å². The molecule has 4 rings (SSSR count). The lowest BCUT2D eigenvalue weighted by Crippen LogP contribution is -2.33. The number of para-hydroxylation sites is 2. The van der Waals surface area contributed by atoms with E-state index in [9.17, 15) is 0 Å². The summed E-state index contributed by atoms with van der Waals surface area (Å²) in [6.07, 6.45) is 0. The van der Waals surface area contributed by atoms with Crippen LogP contribution < -0.4 is 9.91 Å². The molecule has 1 aliphatic rings. The predicted molar refractivity (Wildman–Crippen MR) is 119 cm³/mol. The summed E-state index contributed by atoms with van der Waals surface area (Å²) < 4.78 is 5.95. The molecule has 5 heteroatoms. The third-order valence-electron chi connectivity index (χ3n) is 5.00. The fourth-order valence-corrected chi connectivity index (χ4v) is 3.48. The first-order valence-corrected chi connectivity index (χ1v) is 10.0. The van der Waals surface area contributed by atoms with Crippen LogP contribution >= 0.6 is 0 Å². The summed E-state index contributed by atoms with van der Waals surface area (Å²) in [4.78, 5) is 2.32. The second-order valence-electron chi connectivity index (χ2n) is 6.75. The van der Waals surface area contributed by atoms with Crippen molar-refractivity contribution in [2.75, 3.05) is 29.7 Å². The molecule has 0 atom stereocenters. The lowest BCUT2D eigenvalue weighted by molar-refractivity contribution is 0.170. The zero-order chi connectivity index (χ0) is 20.1. The van der Waals surface area contributed by atoms with Gasteiger partial charge in [-0.15, -0.1) is 5.10 Å². The van der Waals surface area contributed by atoms with Gasteiger partial charge in [0.05, 0.1) is 11.4 Å². The van der Waals surface area contributed by atoms with Crippen LogP contribution in [-0.4, -0.2) is 30.8 Å². The smallest absolute Gasteiger partial charge is 0.242 e. The Kier molecular flexibility index (Phi) is 5.66. The molecule has 0 saturated heterocycles. The molecule has 0 radical (unpaired) electrons. The fourth-order valence-electron chi connectivity index (χ4n) is 3.48. The van der Waals surface area contributed by atoms with Crippen LogP contribution in [0.2, 0.25) is 0 Å². The van der Waals surface area contributed by atoms with Crippen molar-refractivity contribution in [3.63, 3.8) is 0 Å². The molecule has 3 aromatic rings. The van der Waals surface area contributed by atoms with Crippen LogP contribution in [0.4, 0.5) is 17.1 Å². The van der Waals surface area contributed by atoms with Crippen molar-refractivity contribution in [1.29, 1.82) is 0 Å². The summed E-state index contributed by atoms with van der Waals surface area (Å²) in [5.74, 6) is 0.632. The molecule has 148 valence electrons. The Morgan fingerprint density at radius 2 is 1.31 bits per heavy atom. The molecular weight excluding hydrogens is 360 g/mol. The molecule has 0 bridgehead atoms. The molecule has 0 aromatic heterocycles. The summed E-state index contributed by atoms with van der Waals surface area (Å²) in [6, 6.07) is 28.8. The minimum absolute atomic E-state index is 0.358. The molecule has 0 N–H and O–H groups in total. The van der Waals surface area contributed by atoms with Gasteiger partial charge in [-0.05, 0) is 62.4 Å². The predicted octanol–water partition coefficient (Wildman–Crippen LogP) is 5.24. The van der Waals surface area contributed by atoms with Gasteiger partial charge in [0.2, 0.25) is 5.90 Å². The van der Waals surface area contributed by atoms with Crippen LogP contribution in [0.15, 0.2) is 90.0 Å². The first-order chi connectivity index (χ1) is 14.3. The highest BCUT2D eigenvalue weighted by molar-refractivity contribution is 5.95. The Morgan fingerprint density at radius 1 is 0.759 bits per heavy atom. The summed E-state index contributed by atoms with van der Waals surface area (Å²) >= 11 is 0. The van der Waals surface area contributed by atoms with Gasteiger partial charge < -0.3 is 9.64 Å². The van der Waals surface area contributed by atoms with Crippen LogP contribution in [0.1, 0.15) is 19.4 Å². The van der Waals surface area contributed by atoms with Gasteiger partial charge in [0, 0.05) is 24.3 Å². The standard InChI is InChI=1S/C24H26N4O/c1-3-26(4-2)21-17-15-20(16-18-21)24-25-27(19-29-24)28(22-11-7-5-8-12-22)23-13-9-6-10-14-23/h5-18H,3-4,19H2,1-2H3. The van der Waals surface area contributed by atoms with Crippen molar-refractivity contribution in [1.82, 2.24) is 5.12 Å². The van der Waals surface area contributed by atoms with E-state index in [1.807, 2.05) is 41.5 Å². The monoisotopic (exact) mass is 386 g/mol. The molecule has 0 spiro atoms. The summed E-state index contributed by atoms with van der Waals surface area (Å²) in [6.45, 7) is 6.67. The Hall–Kier alpha value is -3.47. The highest BCUT2D eigenvalue weighted by Crippen LogP contribution is 2.29. The highest BCUT2D eigenvalue weighted by atomic mass is 16.5. The number of anilines is 3. The number of rotatable bonds is 7. The van der Waals surface area contributed by atoms with E-state index in [0.717, 1.165) is 30.0 Å². The van der Waals surface area contributed by atoms with E-state index in [4.69, 9.17) is 9.84 Å². The average molecular weight is 386 g/mol. The van der Waals surface area contributed by atoms with E-state index >= 15 is 0 Å². The molecule has 0 aliphatic carbocycles. The number of hydrogen-bond donors (Lipinski definition) is 0. The molecular formula is C24H26N4O. The number of benzene rings is 3. The van der Waals surface area contributed by atoms with E-state index < -0.39 is 0 Å². The molecule has 0 fully saturated rings. The molecule has 29 heavy (non-hydrogen) atoms. The minimum atomic E-state index is 0.358. The minimum Gasteiger partial charge on any atom is -0.451 e. The second-order valence-corrected chi connectivity index (χ2v) is 6.75. The van der Waals surface area contributed by atoms with Crippen molar-refractivity contribution in [3.05, 3.63) is 90.5 Å². The van der Waals surface area contributed by atoms with Gasteiger partial charge in [-0.2, -0.15) is 5.12 Å². The highest BCUT2D eigenvalue weighted by Gasteiger charge is 2.24. The summed E-state index contributed by atoms with van der Waals surface area (Å²) in [5, 5.41) is 8.69. The third kappa shape index (κ3) is 4.04.